The predicted molar refractivity (Wildman–Crippen MR) is 64.5 cm³/mol. The molecule has 0 aliphatic heterocycles. The van der Waals surface area contributed by atoms with Gasteiger partial charge in [0.25, 0.3) is 0 Å². The van der Waals surface area contributed by atoms with Crippen LogP contribution in [0.15, 0.2) is 4.42 Å². The number of aromatic nitrogens is 2. The highest BCUT2D eigenvalue weighted by Crippen LogP contribution is 2.04. The van der Waals surface area contributed by atoms with Gasteiger partial charge in [-0.25, -0.2) is 8.42 Å². The van der Waals surface area contributed by atoms with Crippen molar-refractivity contribution in [1.82, 2.24) is 15.5 Å². The maximum absolute atomic E-state index is 10.9. The smallest absolute Gasteiger partial charge is 0.315 e. The van der Waals surface area contributed by atoms with Crippen LogP contribution in [0.25, 0.3) is 0 Å². The molecule has 0 spiro atoms. The average Bonchev–Trinajstić information content (AvgIpc) is 2.61. The Labute approximate surface area is 101 Å². The topological polar surface area (TPSA) is 97.1 Å². The number of rotatable bonds is 7. The molecule has 1 aromatic rings. The molecule has 0 bridgehead atoms. The first-order valence-electron chi connectivity index (χ1n) is 5.34. The molecule has 98 valence electrons. The molecule has 7 nitrogen and oxygen atoms in total. The first kappa shape index (κ1) is 13.9. The molecule has 1 heterocycles. The van der Waals surface area contributed by atoms with Crippen molar-refractivity contribution in [1.29, 1.82) is 0 Å². The van der Waals surface area contributed by atoms with Crippen LogP contribution in [0.1, 0.15) is 19.7 Å². The molecule has 0 aromatic carbocycles. The van der Waals surface area contributed by atoms with Crippen LogP contribution in [0.2, 0.25) is 0 Å². The first-order valence-corrected chi connectivity index (χ1v) is 7.40. The molecule has 0 radical (unpaired) electrons. The molecular formula is C9H18N4O3S. The Kier molecular flexibility index (Phi) is 4.88. The highest BCUT2D eigenvalue weighted by molar-refractivity contribution is 7.90. The second kappa shape index (κ2) is 5.97. The third-order valence-corrected chi connectivity index (χ3v) is 2.82. The molecule has 2 N–H and O–H groups in total. The van der Waals surface area contributed by atoms with Crippen LogP contribution in [0.5, 0.6) is 0 Å². The number of nitrogens with one attached hydrogen (secondary N) is 2. The summed E-state index contributed by atoms with van der Waals surface area (Å²) in [4.78, 5) is 0. The van der Waals surface area contributed by atoms with Crippen LogP contribution in [-0.2, 0) is 16.4 Å². The maximum Gasteiger partial charge on any atom is 0.315 e. The van der Waals surface area contributed by atoms with E-state index in [-0.39, 0.29) is 18.3 Å². The van der Waals surface area contributed by atoms with E-state index in [0.717, 1.165) is 0 Å². The number of hydrogen-bond donors (Lipinski definition) is 2. The van der Waals surface area contributed by atoms with Gasteiger partial charge in [-0.1, -0.05) is 18.9 Å². The number of nitrogens with zero attached hydrogens (tertiary/aromatic N) is 2. The monoisotopic (exact) mass is 262 g/mol. The minimum Gasteiger partial charge on any atom is -0.407 e. The van der Waals surface area contributed by atoms with Crippen LogP contribution in [0.3, 0.4) is 0 Å². The Bertz CT molecular complexity index is 441. The third-order valence-electron chi connectivity index (χ3n) is 1.88. The second-order valence-electron chi connectivity index (χ2n) is 4.09. The number of sulfone groups is 1. The zero-order valence-corrected chi connectivity index (χ0v) is 11.0. The van der Waals surface area contributed by atoms with Gasteiger partial charge in [0.15, 0.2) is 0 Å². The molecule has 0 unspecified atom stereocenters. The SMILES string of the molecule is CC(C)NCc1nnc(NCCS(C)(=O)=O)o1. The van der Waals surface area contributed by atoms with Gasteiger partial charge in [-0.05, 0) is 0 Å². The molecule has 0 fully saturated rings. The van der Waals surface area contributed by atoms with Gasteiger partial charge in [-0.2, -0.15) is 0 Å². The van der Waals surface area contributed by atoms with Crippen molar-refractivity contribution >= 4 is 15.9 Å². The van der Waals surface area contributed by atoms with Crippen molar-refractivity contribution in [3.8, 4) is 0 Å². The minimum atomic E-state index is -2.97. The zero-order chi connectivity index (χ0) is 12.9. The molecule has 0 aliphatic rings. The van der Waals surface area contributed by atoms with Crippen molar-refractivity contribution < 1.29 is 12.8 Å². The number of anilines is 1. The summed E-state index contributed by atoms with van der Waals surface area (Å²) in [5, 5.41) is 13.5. The van der Waals surface area contributed by atoms with E-state index in [9.17, 15) is 8.42 Å². The highest BCUT2D eigenvalue weighted by Gasteiger charge is 2.07. The lowest BCUT2D eigenvalue weighted by Crippen LogP contribution is -2.21. The second-order valence-corrected chi connectivity index (χ2v) is 6.35. The predicted octanol–water partition coefficient (Wildman–Crippen LogP) is 0.0241. The van der Waals surface area contributed by atoms with Crippen LogP contribution in [0, 0.1) is 0 Å². The van der Waals surface area contributed by atoms with Crippen molar-refractivity contribution in [2.75, 3.05) is 23.9 Å². The normalized spacial score (nSPS) is 12.0. The molecule has 1 rings (SSSR count). The fourth-order valence-corrected chi connectivity index (χ4v) is 1.50. The van der Waals surface area contributed by atoms with Crippen molar-refractivity contribution in [2.24, 2.45) is 0 Å². The summed E-state index contributed by atoms with van der Waals surface area (Å²) in [5.41, 5.74) is 0. The minimum absolute atomic E-state index is 0.0367. The van der Waals surface area contributed by atoms with E-state index in [4.69, 9.17) is 4.42 Å². The average molecular weight is 262 g/mol. The maximum atomic E-state index is 10.9. The molecule has 0 atom stereocenters. The van der Waals surface area contributed by atoms with E-state index < -0.39 is 9.84 Å². The largest absolute Gasteiger partial charge is 0.407 e. The lowest BCUT2D eigenvalue weighted by molar-refractivity contribution is 0.459. The lowest BCUT2D eigenvalue weighted by Gasteiger charge is -2.03. The van der Waals surface area contributed by atoms with Gasteiger partial charge in [0.2, 0.25) is 5.89 Å². The van der Waals surface area contributed by atoms with E-state index in [0.29, 0.717) is 18.5 Å². The molecule has 17 heavy (non-hydrogen) atoms. The summed E-state index contributed by atoms with van der Waals surface area (Å²) in [7, 11) is -2.97. The van der Waals surface area contributed by atoms with E-state index >= 15 is 0 Å². The van der Waals surface area contributed by atoms with Gasteiger partial charge in [0, 0.05) is 18.8 Å². The van der Waals surface area contributed by atoms with E-state index in [2.05, 4.69) is 20.8 Å². The van der Waals surface area contributed by atoms with Gasteiger partial charge in [-0.3, -0.25) is 0 Å². The third kappa shape index (κ3) is 6.22. The first-order chi connectivity index (χ1) is 7.87. The Balaban J connectivity index is 2.35. The molecule has 8 heteroatoms. The Morgan fingerprint density at radius 3 is 2.65 bits per heavy atom. The van der Waals surface area contributed by atoms with Crippen LogP contribution in [0.4, 0.5) is 6.01 Å². The fourth-order valence-electron chi connectivity index (χ4n) is 1.03. The summed E-state index contributed by atoms with van der Waals surface area (Å²) in [6.45, 7) is 4.79. The summed E-state index contributed by atoms with van der Waals surface area (Å²) < 4.78 is 27.0. The van der Waals surface area contributed by atoms with Crippen molar-refractivity contribution in [3.05, 3.63) is 5.89 Å². The van der Waals surface area contributed by atoms with Gasteiger partial charge < -0.3 is 15.1 Å². The van der Waals surface area contributed by atoms with Crippen LogP contribution < -0.4 is 10.6 Å². The van der Waals surface area contributed by atoms with E-state index in [1.54, 1.807) is 0 Å². The Hall–Kier alpha value is -1.15. The van der Waals surface area contributed by atoms with Crippen molar-refractivity contribution in [2.45, 2.75) is 26.4 Å². The van der Waals surface area contributed by atoms with E-state index in [1.807, 2.05) is 13.8 Å². The quantitative estimate of drug-likeness (QED) is 0.715. The molecule has 0 aliphatic carbocycles. The Morgan fingerprint density at radius 1 is 1.35 bits per heavy atom. The van der Waals surface area contributed by atoms with Crippen LogP contribution >= 0.6 is 0 Å². The lowest BCUT2D eigenvalue weighted by atomic mass is 10.4. The van der Waals surface area contributed by atoms with E-state index in [1.165, 1.54) is 6.26 Å². The van der Waals surface area contributed by atoms with Gasteiger partial charge in [-0.15, -0.1) is 5.10 Å². The summed E-state index contributed by atoms with van der Waals surface area (Å²) in [5.74, 6) is 0.509. The molecular weight excluding hydrogens is 244 g/mol. The fraction of sp³-hybridized carbons (Fsp3) is 0.778. The highest BCUT2D eigenvalue weighted by atomic mass is 32.2. The number of hydrogen-bond acceptors (Lipinski definition) is 7. The summed E-state index contributed by atoms with van der Waals surface area (Å²) >= 11 is 0. The van der Waals surface area contributed by atoms with Gasteiger partial charge >= 0.3 is 6.01 Å². The molecule has 1 aromatic heterocycles. The Morgan fingerprint density at radius 2 is 2.06 bits per heavy atom. The van der Waals surface area contributed by atoms with Crippen LogP contribution in [-0.4, -0.2) is 43.2 Å². The standard InChI is InChI=1S/C9H18N4O3S/c1-7(2)11-6-8-12-13-9(16-8)10-4-5-17(3,14)15/h7,11H,4-6H2,1-3H3,(H,10,13). The van der Waals surface area contributed by atoms with Gasteiger partial charge in [0.1, 0.15) is 9.84 Å². The summed E-state index contributed by atoms with van der Waals surface area (Å²) in [6, 6.07) is 0.581. The molecule has 0 saturated carbocycles. The molecule has 0 amide bonds. The van der Waals surface area contributed by atoms with Gasteiger partial charge in [0.05, 0.1) is 12.3 Å². The zero-order valence-electron chi connectivity index (χ0n) is 10.2. The van der Waals surface area contributed by atoms with Crippen molar-refractivity contribution in [3.63, 3.8) is 0 Å². The summed E-state index contributed by atoms with van der Waals surface area (Å²) in [6.07, 6.45) is 1.18. The molecule has 0 saturated heterocycles.